The van der Waals surface area contributed by atoms with Gasteiger partial charge in [-0.05, 0) is 74.4 Å². The average Bonchev–Trinajstić information content (AvgIpc) is 3.65. The molecule has 242 valence electrons. The molecule has 0 spiro atoms. The van der Waals surface area contributed by atoms with E-state index in [0.29, 0.717) is 34.8 Å². The molecule has 3 aromatic heterocycles. The number of benzene rings is 3. The molecule has 0 radical (unpaired) electrons. The lowest BCUT2D eigenvalue weighted by molar-refractivity contribution is 0.0610. The van der Waals surface area contributed by atoms with Gasteiger partial charge in [0.2, 0.25) is 0 Å². The summed E-state index contributed by atoms with van der Waals surface area (Å²) in [5.41, 5.74) is 5.22. The first-order valence-corrected chi connectivity index (χ1v) is 16.4. The van der Waals surface area contributed by atoms with Crippen LogP contribution in [0.1, 0.15) is 51.5 Å². The van der Waals surface area contributed by atoms with Gasteiger partial charge in [-0.25, -0.2) is 19.4 Å². The quantitative estimate of drug-likeness (QED) is 0.250. The van der Waals surface area contributed by atoms with Crippen LogP contribution in [0.3, 0.4) is 0 Å². The van der Waals surface area contributed by atoms with E-state index in [2.05, 4.69) is 41.5 Å². The van der Waals surface area contributed by atoms with Gasteiger partial charge in [0, 0.05) is 53.7 Å². The number of amides is 2. The summed E-state index contributed by atoms with van der Waals surface area (Å²) >= 11 is 3.51. The van der Waals surface area contributed by atoms with Crippen LogP contribution in [-0.4, -0.2) is 56.9 Å². The van der Waals surface area contributed by atoms with Crippen LogP contribution in [0.2, 0.25) is 0 Å². The summed E-state index contributed by atoms with van der Waals surface area (Å²) in [5, 5.41) is 11.5. The van der Waals surface area contributed by atoms with Crippen molar-refractivity contribution in [2.24, 2.45) is 0 Å². The molecule has 2 amide bonds. The first kappa shape index (κ1) is 31.2. The van der Waals surface area contributed by atoms with Crippen molar-refractivity contribution in [3.8, 4) is 17.1 Å². The Morgan fingerprint density at radius 1 is 1.02 bits per heavy atom. The van der Waals surface area contributed by atoms with E-state index in [-0.39, 0.29) is 43.0 Å². The topological polar surface area (TPSA) is 133 Å². The van der Waals surface area contributed by atoms with Crippen molar-refractivity contribution in [1.82, 2.24) is 44.3 Å². The number of imidazole rings is 1. The lowest BCUT2D eigenvalue weighted by Gasteiger charge is -2.34. The third-order valence-electron chi connectivity index (χ3n) is 8.74. The Bertz CT molecular complexity index is 2260. The summed E-state index contributed by atoms with van der Waals surface area (Å²) in [5.74, 6) is -0.0890. The number of hydrogen-bond donors (Lipinski definition) is 1. The molecule has 13 heteroatoms. The summed E-state index contributed by atoms with van der Waals surface area (Å²) in [6.45, 7) is 6.91. The molecule has 0 saturated heterocycles. The number of halogens is 1. The number of fused-ring (bicyclic) bond motifs is 2. The van der Waals surface area contributed by atoms with E-state index in [9.17, 15) is 14.4 Å². The number of hydrogen-bond acceptors (Lipinski definition) is 7. The second-order valence-electron chi connectivity index (χ2n) is 11.8. The van der Waals surface area contributed by atoms with Crippen LogP contribution in [0.25, 0.3) is 28.1 Å². The van der Waals surface area contributed by atoms with Crippen molar-refractivity contribution >= 4 is 38.8 Å². The smallest absolute Gasteiger partial charge is 0.333 e. The lowest BCUT2D eigenvalue weighted by atomic mass is 10.1. The fourth-order valence-electron chi connectivity index (χ4n) is 6.23. The fourth-order valence-corrected chi connectivity index (χ4v) is 6.47. The Hall–Kier alpha value is -5.43. The molecule has 0 unspecified atom stereocenters. The Balaban J connectivity index is 1.30. The highest BCUT2D eigenvalue weighted by molar-refractivity contribution is 9.10. The van der Waals surface area contributed by atoms with Crippen LogP contribution >= 0.6 is 15.9 Å². The number of aromatic nitrogens is 7. The van der Waals surface area contributed by atoms with Gasteiger partial charge in [-0.15, -0.1) is 5.10 Å². The molecule has 6 aromatic rings. The molecule has 4 heterocycles. The minimum Gasteiger partial charge on any atom is -0.347 e. The average molecular weight is 707 g/mol. The Labute approximate surface area is 284 Å². The maximum atomic E-state index is 14.3. The number of nitrogens with one attached hydrogen (secondary N) is 1. The second-order valence-corrected chi connectivity index (χ2v) is 12.6. The van der Waals surface area contributed by atoms with Crippen LogP contribution in [0.5, 0.6) is 0 Å². The SMILES string of the molecule is CCn1nnc2cc(-n3c(C(=O)NCc4ccccc4-c4ncccn4)c4n(c3=O)C[C@@H](C)N(C(=O)c3ccc(Br)c(C)c3)C4)ccc21. The standard InChI is InChI=1S/C35H32BrN9O3/c1-4-44-29-13-11-25(17-28(29)40-41-44)45-31(33(46)39-18-24-8-5-6-9-26(24)32-37-14-7-15-38-32)30-20-42(22(3)19-43(30)35(45)48)34(47)23-10-12-27(36)21(2)16-23/h5-17,22H,4,18-20H2,1-3H3,(H,39,46)/t22-/m1/s1. The van der Waals surface area contributed by atoms with Gasteiger partial charge in [0.05, 0.1) is 23.4 Å². The van der Waals surface area contributed by atoms with Gasteiger partial charge in [-0.1, -0.05) is 45.4 Å². The van der Waals surface area contributed by atoms with Crippen molar-refractivity contribution in [1.29, 1.82) is 0 Å². The highest BCUT2D eigenvalue weighted by Crippen LogP contribution is 2.27. The molecule has 1 aliphatic rings. The molecule has 3 aromatic carbocycles. The lowest BCUT2D eigenvalue weighted by Crippen LogP contribution is -2.47. The van der Waals surface area contributed by atoms with Gasteiger partial charge < -0.3 is 10.2 Å². The second kappa shape index (κ2) is 12.6. The normalized spacial score (nSPS) is 14.2. The predicted octanol–water partition coefficient (Wildman–Crippen LogP) is 4.91. The minimum atomic E-state index is -0.455. The Kier molecular flexibility index (Phi) is 8.21. The predicted molar refractivity (Wildman–Crippen MR) is 184 cm³/mol. The van der Waals surface area contributed by atoms with Gasteiger partial charge in [0.1, 0.15) is 11.2 Å². The zero-order valence-electron chi connectivity index (χ0n) is 26.6. The monoisotopic (exact) mass is 705 g/mol. The largest absolute Gasteiger partial charge is 0.347 e. The van der Waals surface area contributed by atoms with Gasteiger partial charge in [-0.3, -0.25) is 18.7 Å². The molecule has 7 rings (SSSR count). The van der Waals surface area contributed by atoms with E-state index < -0.39 is 5.91 Å². The Morgan fingerprint density at radius 3 is 2.58 bits per heavy atom. The van der Waals surface area contributed by atoms with E-state index in [1.165, 1.54) is 4.57 Å². The summed E-state index contributed by atoms with van der Waals surface area (Å²) in [4.78, 5) is 52.9. The van der Waals surface area contributed by atoms with E-state index in [0.717, 1.165) is 26.7 Å². The van der Waals surface area contributed by atoms with Crippen molar-refractivity contribution < 1.29 is 9.59 Å². The van der Waals surface area contributed by atoms with Gasteiger partial charge in [0.15, 0.2) is 5.82 Å². The fraction of sp³-hybridized carbons (Fsp3) is 0.229. The highest BCUT2D eigenvalue weighted by atomic mass is 79.9. The molecule has 12 nitrogen and oxygen atoms in total. The molecule has 48 heavy (non-hydrogen) atoms. The van der Waals surface area contributed by atoms with Crippen LogP contribution in [0.4, 0.5) is 0 Å². The number of carbonyl (C=O) groups is 2. The first-order valence-electron chi connectivity index (χ1n) is 15.6. The third-order valence-corrected chi connectivity index (χ3v) is 9.63. The first-order chi connectivity index (χ1) is 23.2. The van der Waals surface area contributed by atoms with E-state index in [1.807, 2.05) is 63.2 Å². The molecule has 1 aliphatic heterocycles. The zero-order chi connectivity index (χ0) is 33.5. The molecular formula is C35H32BrN9O3. The van der Waals surface area contributed by atoms with E-state index in [1.54, 1.807) is 50.8 Å². The molecule has 1 atom stereocenters. The van der Waals surface area contributed by atoms with Crippen LogP contribution in [-0.2, 0) is 26.2 Å². The van der Waals surface area contributed by atoms with Crippen LogP contribution < -0.4 is 11.0 Å². The van der Waals surface area contributed by atoms with Crippen molar-refractivity contribution in [2.75, 3.05) is 0 Å². The van der Waals surface area contributed by atoms with Gasteiger partial charge in [-0.2, -0.15) is 0 Å². The van der Waals surface area contributed by atoms with Crippen LogP contribution in [0, 0.1) is 6.92 Å². The summed E-state index contributed by atoms with van der Waals surface area (Å²) in [6.07, 6.45) is 3.34. The molecule has 0 saturated carbocycles. The summed E-state index contributed by atoms with van der Waals surface area (Å²) < 4.78 is 5.70. The van der Waals surface area contributed by atoms with E-state index >= 15 is 0 Å². The highest BCUT2D eigenvalue weighted by Gasteiger charge is 2.35. The molecule has 0 bridgehead atoms. The number of nitrogens with zero attached hydrogens (tertiary/aromatic N) is 8. The van der Waals surface area contributed by atoms with E-state index in [4.69, 9.17) is 0 Å². The molecule has 1 N–H and O–H groups in total. The number of rotatable bonds is 7. The maximum absolute atomic E-state index is 14.3. The minimum absolute atomic E-state index is 0.0722. The van der Waals surface area contributed by atoms with Gasteiger partial charge in [0.25, 0.3) is 11.8 Å². The van der Waals surface area contributed by atoms with Crippen LogP contribution in [0.15, 0.2) is 88.4 Å². The Morgan fingerprint density at radius 2 is 1.81 bits per heavy atom. The van der Waals surface area contributed by atoms with Crippen molar-refractivity contribution in [3.05, 3.63) is 122 Å². The van der Waals surface area contributed by atoms with Crippen molar-refractivity contribution in [2.45, 2.75) is 53.0 Å². The zero-order valence-corrected chi connectivity index (χ0v) is 28.2. The molecule has 0 aliphatic carbocycles. The molecular weight excluding hydrogens is 674 g/mol. The number of aryl methyl sites for hydroxylation is 2. The number of carbonyl (C=O) groups excluding carboxylic acids is 2. The molecule has 0 fully saturated rings. The summed E-state index contributed by atoms with van der Waals surface area (Å²) in [6, 6.07) is 19.9. The summed E-state index contributed by atoms with van der Waals surface area (Å²) in [7, 11) is 0. The maximum Gasteiger partial charge on any atom is 0.333 e. The van der Waals surface area contributed by atoms with Crippen molar-refractivity contribution in [3.63, 3.8) is 0 Å². The third kappa shape index (κ3) is 5.49. The van der Waals surface area contributed by atoms with Gasteiger partial charge >= 0.3 is 5.69 Å².